The third kappa shape index (κ3) is 4.03. The second-order valence-corrected chi connectivity index (χ2v) is 4.91. The number of rotatable bonds is 6. The molecule has 25 heavy (non-hydrogen) atoms. The molecule has 6 heteroatoms. The molecule has 0 saturated carbocycles. The first-order chi connectivity index (χ1) is 12.3. The molecule has 0 aliphatic carbocycles. The number of aromatic nitrogens is 2. The SMILES string of the molecule is CC.COCOc1ccc(-c2ccc3c(OC)n[nH]c3c2)cc1OC. The first-order valence-corrected chi connectivity index (χ1v) is 8.09. The maximum absolute atomic E-state index is 5.48. The molecule has 0 bridgehead atoms. The van der Waals surface area contributed by atoms with Crippen LogP contribution in [-0.4, -0.2) is 38.3 Å². The van der Waals surface area contributed by atoms with Crippen molar-refractivity contribution in [1.82, 2.24) is 10.2 Å². The van der Waals surface area contributed by atoms with Gasteiger partial charge in [-0.3, -0.25) is 5.10 Å². The molecule has 0 aliphatic heterocycles. The van der Waals surface area contributed by atoms with Crippen molar-refractivity contribution in [2.24, 2.45) is 0 Å². The molecule has 1 aromatic heterocycles. The van der Waals surface area contributed by atoms with Gasteiger partial charge in [0, 0.05) is 7.11 Å². The van der Waals surface area contributed by atoms with Crippen molar-refractivity contribution in [1.29, 1.82) is 0 Å². The van der Waals surface area contributed by atoms with Crippen molar-refractivity contribution in [3.8, 4) is 28.5 Å². The predicted octanol–water partition coefficient (Wildman–Crippen LogP) is 4.26. The lowest BCUT2D eigenvalue weighted by Gasteiger charge is -2.11. The summed E-state index contributed by atoms with van der Waals surface area (Å²) in [5.41, 5.74) is 2.97. The van der Waals surface area contributed by atoms with Crippen LogP contribution >= 0.6 is 0 Å². The highest BCUT2D eigenvalue weighted by atomic mass is 16.7. The minimum atomic E-state index is 0.176. The Morgan fingerprint density at radius 2 is 1.60 bits per heavy atom. The van der Waals surface area contributed by atoms with Gasteiger partial charge >= 0.3 is 0 Å². The van der Waals surface area contributed by atoms with Gasteiger partial charge in [-0.1, -0.05) is 26.0 Å². The van der Waals surface area contributed by atoms with Crippen LogP contribution in [0, 0.1) is 0 Å². The molecule has 2 aromatic carbocycles. The fraction of sp³-hybridized carbons (Fsp3) is 0.316. The van der Waals surface area contributed by atoms with Crippen LogP contribution in [-0.2, 0) is 4.74 Å². The Morgan fingerprint density at radius 3 is 2.28 bits per heavy atom. The molecule has 0 unspecified atom stereocenters. The number of fused-ring (bicyclic) bond motifs is 1. The Hall–Kier alpha value is -2.73. The molecule has 1 heterocycles. The highest BCUT2D eigenvalue weighted by Gasteiger charge is 2.10. The van der Waals surface area contributed by atoms with Gasteiger partial charge in [0.1, 0.15) is 0 Å². The van der Waals surface area contributed by atoms with Gasteiger partial charge in [0.2, 0.25) is 5.88 Å². The summed E-state index contributed by atoms with van der Waals surface area (Å²) >= 11 is 0. The number of aromatic amines is 1. The second kappa shape index (κ2) is 8.94. The third-order valence-corrected chi connectivity index (χ3v) is 3.55. The standard InChI is InChI=1S/C17H18N2O4.C2H6/c1-20-10-23-15-7-5-12(9-16(15)21-2)11-4-6-13-14(8-11)18-19-17(13)22-3;1-2/h4-9H,10H2,1-3H3,(H,18,19);1-2H3. The lowest BCUT2D eigenvalue weighted by atomic mass is 10.0. The molecule has 0 saturated heterocycles. The maximum atomic E-state index is 5.48. The van der Waals surface area contributed by atoms with E-state index in [1.165, 1.54) is 0 Å². The summed E-state index contributed by atoms with van der Waals surface area (Å²) in [6.07, 6.45) is 0. The molecule has 134 valence electrons. The molecule has 0 atom stereocenters. The van der Waals surface area contributed by atoms with Gasteiger partial charge in [0.25, 0.3) is 0 Å². The van der Waals surface area contributed by atoms with Crippen LogP contribution in [0.15, 0.2) is 36.4 Å². The smallest absolute Gasteiger partial charge is 0.240 e. The van der Waals surface area contributed by atoms with Gasteiger partial charge in [0.15, 0.2) is 18.3 Å². The zero-order chi connectivity index (χ0) is 18.2. The van der Waals surface area contributed by atoms with Crippen molar-refractivity contribution in [3.05, 3.63) is 36.4 Å². The van der Waals surface area contributed by atoms with Crippen LogP contribution < -0.4 is 14.2 Å². The summed E-state index contributed by atoms with van der Waals surface area (Å²) in [7, 11) is 4.80. The summed E-state index contributed by atoms with van der Waals surface area (Å²) in [5, 5.41) is 8.04. The zero-order valence-electron chi connectivity index (χ0n) is 15.3. The van der Waals surface area contributed by atoms with E-state index in [-0.39, 0.29) is 6.79 Å². The van der Waals surface area contributed by atoms with Gasteiger partial charge in [-0.25, -0.2) is 0 Å². The topological polar surface area (TPSA) is 65.6 Å². The van der Waals surface area contributed by atoms with E-state index in [2.05, 4.69) is 10.2 Å². The number of methoxy groups -OCH3 is 3. The average Bonchev–Trinajstić information content (AvgIpc) is 3.10. The highest BCUT2D eigenvalue weighted by molar-refractivity contribution is 5.88. The fourth-order valence-corrected chi connectivity index (χ4v) is 2.42. The van der Waals surface area contributed by atoms with E-state index in [0.29, 0.717) is 17.4 Å². The number of H-pyrrole nitrogens is 1. The molecule has 0 amide bonds. The molecule has 0 fully saturated rings. The van der Waals surface area contributed by atoms with Crippen LogP contribution in [0.25, 0.3) is 22.0 Å². The molecule has 6 nitrogen and oxygen atoms in total. The van der Waals surface area contributed by atoms with Crippen LogP contribution in [0.5, 0.6) is 17.4 Å². The summed E-state index contributed by atoms with van der Waals surface area (Å²) < 4.78 is 21.0. The summed E-state index contributed by atoms with van der Waals surface area (Å²) in [4.78, 5) is 0. The molecule has 1 N–H and O–H groups in total. The van der Waals surface area contributed by atoms with E-state index >= 15 is 0 Å². The average molecular weight is 344 g/mol. The van der Waals surface area contributed by atoms with Crippen molar-refractivity contribution < 1.29 is 18.9 Å². The number of hydrogen-bond donors (Lipinski definition) is 1. The minimum Gasteiger partial charge on any atom is -0.493 e. The molecule has 0 aliphatic rings. The first-order valence-electron chi connectivity index (χ1n) is 8.09. The van der Waals surface area contributed by atoms with Crippen molar-refractivity contribution >= 4 is 10.9 Å². The largest absolute Gasteiger partial charge is 0.493 e. The number of benzene rings is 2. The first kappa shape index (κ1) is 18.6. The van der Waals surface area contributed by atoms with Crippen molar-refractivity contribution in [2.45, 2.75) is 13.8 Å². The number of ether oxygens (including phenoxy) is 4. The molecular formula is C19H24N2O4. The minimum absolute atomic E-state index is 0.176. The van der Waals surface area contributed by atoms with Crippen molar-refractivity contribution in [2.75, 3.05) is 28.1 Å². The van der Waals surface area contributed by atoms with Crippen molar-refractivity contribution in [3.63, 3.8) is 0 Å². The van der Waals surface area contributed by atoms with E-state index in [0.717, 1.165) is 22.0 Å². The molecule has 3 rings (SSSR count). The lowest BCUT2D eigenvalue weighted by molar-refractivity contribution is 0.0492. The Morgan fingerprint density at radius 1 is 0.880 bits per heavy atom. The Bertz CT molecular complexity index is 814. The van der Waals surface area contributed by atoms with Crippen LogP contribution in [0.1, 0.15) is 13.8 Å². The van der Waals surface area contributed by atoms with E-state index in [1.54, 1.807) is 21.3 Å². The van der Waals surface area contributed by atoms with Crippen LogP contribution in [0.4, 0.5) is 0 Å². The number of nitrogens with one attached hydrogen (secondary N) is 1. The highest BCUT2D eigenvalue weighted by Crippen LogP contribution is 2.34. The molecule has 0 radical (unpaired) electrons. The van der Waals surface area contributed by atoms with Gasteiger partial charge < -0.3 is 18.9 Å². The van der Waals surface area contributed by atoms with Gasteiger partial charge in [0.05, 0.1) is 25.1 Å². The van der Waals surface area contributed by atoms with E-state index in [1.807, 2.05) is 50.2 Å². The number of nitrogens with zero attached hydrogens (tertiary/aromatic N) is 1. The third-order valence-electron chi connectivity index (χ3n) is 3.55. The molecular weight excluding hydrogens is 320 g/mol. The Labute approximate surface area is 147 Å². The monoisotopic (exact) mass is 344 g/mol. The Kier molecular flexibility index (Phi) is 6.65. The van der Waals surface area contributed by atoms with E-state index in [4.69, 9.17) is 18.9 Å². The van der Waals surface area contributed by atoms with Gasteiger partial charge in [-0.05, 0) is 35.4 Å². The summed E-state index contributed by atoms with van der Waals surface area (Å²) in [6, 6.07) is 11.8. The zero-order valence-corrected chi connectivity index (χ0v) is 15.3. The number of hydrogen-bond acceptors (Lipinski definition) is 5. The van der Waals surface area contributed by atoms with Crippen LogP contribution in [0.2, 0.25) is 0 Å². The normalized spacial score (nSPS) is 10.1. The summed E-state index contributed by atoms with van der Waals surface area (Å²) in [6.45, 7) is 4.18. The fourth-order valence-electron chi connectivity index (χ4n) is 2.42. The van der Waals surface area contributed by atoms with E-state index < -0.39 is 0 Å². The predicted molar refractivity (Wildman–Crippen MR) is 98.5 cm³/mol. The molecule has 3 aromatic rings. The second-order valence-electron chi connectivity index (χ2n) is 4.91. The lowest BCUT2D eigenvalue weighted by Crippen LogP contribution is -2.00. The summed E-state index contributed by atoms with van der Waals surface area (Å²) in [5.74, 6) is 1.89. The Balaban J connectivity index is 0.00000109. The van der Waals surface area contributed by atoms with E-state index in [9.17, 15) is 0 Å². The van der Waals surface area contributed by atoms with Crippen LogP contribution in [0.3, 0.4) is 0 Å². The quantitative estimate of drug-likeness (QED) is 0.677. The molecule has 0 spiro atoms. The van der Waals surface area contributed by atoms with Gasteiger partial charge in [-0.15, -0.1) is 5.10 Å². The maximum Gasteiger partial charge on any atom is 0.240 e. The van der Waals surface area contributed by atoms with Gasteiger partial charge in [-0.2, -0.15) is 0 Å².